The summed E-state index contributed by atoms with van der Waals surface area (Å²) in [7, 11) is -0.665. The lowest BCUT2D eigenvalue weighted by Crippen LogP contribution is -2.22. The topological polar surface area (TPSA) is 761 Å². The van der Waals surface area contributed by atoms with E-state index in [0.29, 0.717) is 110 Å². The molecule has 131 heavy (non-hydrogen) atoms. The van der Waals surface area contributed by atoms with Crippen molar-refractivity contribution in [3.63, 3.8) is 0 Å². The van der Waals surface area contributed by atoms with Crippen molar-refractivity contribution in [3.05, 3.63) is 76.6 Å². The Morgan fingerprint density at radius 1 is 0.359 bits per heavy atom. The van der Waals surface area contributed by atoms with E-state index in [1.165, 1.54) is 88.1 Å². The van der Waals surface area contributed by atoms with E-state index in [1.807, 2.05) is 65.4 Å². The van der Waals surface area contributed by atoms with Gasteiger partial charge in [0, 0.05) is 100 Å². The van der Waals surface area contributed by atoms with Gasteiger partial charge in [0.15, 0.2) is 69.1 Å². The zero-order valence-electron chi connectivity index (χ0n) is 74.8. The zero-order chi connectivity index (χ0) is 102. The van der Waals surface area contributed by atoms with Crippen LogP contribution in [0.15, 0.2) is 48.5 Å². The van der Waals surface area contributed by atoms with Crippen molar-refractivity contribution in [2.45, 2.75) is 81.8 Å². The van der Waals surface area contributed by atoms with Crippen molar-refractivity contribution in [2.24, 2.45) is 0 Å². The lowest BCUT2D eigenvalue weighted by atomic mass is 10.1. The molecule has 0 heterocycles. The third kappa shape index (κ3) is 48.3. The summed E-state index contributed by atoms with van der Waals surface area (Å²) in [5.74, 6) is -0.622. The minimum atomic E-state index is -3.11. The number of hydrogen-bond donors (Lipinski definition) is 23. The smallest absolute Gasteiger partial charge is 0.425 e. The molecule has 7 aromatic rings. The van der Waals surface area contributed by atoms with Crippen molar-refractivity contribution >= 4 is 98.6 Å². The number of hydrogen-bond acceptors (Lipinski definition) is 49. The number of carbonyl (C=O) groups is 1. The minimum Gasteiger partial charge on any atom is -0.508 e. The minimum absolute atomic E-state index is 0.00124. The molecular weight excluding hydrogens is 1860 g/mol. The van der Waals surface area contributed by atoms with E-state index in [-0.39, 0.29) is 158 Å². The van der Waals surface area contributed by atoms with Gasteiger partial charge in [0.05, 0.1) is 82.3 Å². The number of ether oxygens (including phenoxy) is 8. The maximum absolute atomic E-state index is 12.2. The standard InChI is InChI=1S/C14H24N2O4.C13H20N2O5.C13H22N2O4.C11H17NO4.C10H15NO4.C9H13NO2.C6H5FO2.5O3S/c1-15(3-5-17)9-11-7-14(20)12(8-13(11)19)10-16(2)4-6-18;1-5-14-8-10(17)9(15-6-7(2)16)13(20-4)11(18)12(8)19-3;1-5-7-15-9-10(16)8(14-6-2)12(18-3)11(17)13(9)19-4;1-5-12-7-8(13)6(2)10(15-3)9(14)11(7)16-4;1-4-11-8-6(12)5-7(14-2)9(13)10(8)15-3;1-3-10-7-5-8(11)6(2)4-9(7)12;7-5-3-4(8)1-2-6(5)9;5*1-4(2)3/h7-8,17-20H,3-6,9-10H2,1-2H3;14-15,17-18H,5-6H2,1-4H3;14-17H,5-7H2,1-4H3;12-14H,5H2,1-4H3;5,11-13H,4H2,1-3H3;4-5,10-12H,3H2,1-2H3;1-3,8-9H;;;;;. The van der Waals surface area contributed by atoms with Crippen LogP contribution >= 0.6 is 0 Å². The Hall–Kier alpha value is -13.7. The van der Waals surface area contributed by atoms with Gasteiger partial charge in [-0.1, -0.05) is 6.92 Å². The van der Waals surface area contributed by atoms with Gasteiger partial charge in [-0.2, -0.15) is 0 Å². The van der Waals surface area contributed by atoms with Crippen LogP contribution in [-0.4, -0.2) is 304 Å². The fourth-order valence-corrected chi connectivity index (χ4v) is 10.0. The molecule has 0 fully saturated rings. The van der Waals surface area contributed by atoms with Gasteiger partial charge in [0.25, 0.3) is 0 Å². The second kappa shape index (κ2) is 69.3. The van der Waals surface area contributed by atoms with Gasteiger partial charge in [-0.15, -0.1) is 63.1 Å². The molecule has 0 radical (unpaired) electrons. The first-order valence-electron chi connectivity index (χ1n) is 37.4. The van der Waals surface area contributed by atoms with Crippen molar-refractivity contribution in [2.75, 3.05) is 180 Å². The highest BCUT2D eigenvalue weighted by Crippen LogP contribution is 2.56. The quantitative estimate of drug-likeness (QED) is 0.0187. The number of phenols is 14. The van der Waals surface area contributed by atoms with Crippen LogP contribution in [0.25, 0.3) is 0 Å². The fraction of sp³-hybridized carbons (Fsp3) is 0.434. The summed E-state index contributed by atoms with van der Waals surface area (Å²) in [4.78, 5) is 14.8. The van der Waals surface area contributed by atoms with Crippen LogP contribution in [0.2, 0.25) is 0 Å². The number of aliphatic hydroxyl groups is 2. The second-order valence-electron chi connectivity index (χ2n) is 24.6. The SMILES string of the molecule is CCCNc1c(O)c(NCC)c(OC)c(O)c1OC.CCNc1c(O)c(C)c(OC)c(O)c1OC.CCNc1c(O)c(NCC(C)=O)c(OC)c(O)c1OC.CCNc1c(O)cc(OC)c(O)c1OC.CCNc1cc(O)c(C)cc1O.CN(CCO)Cc1cc(O)c(CN(C)CCO)cc1O.O=S(=O)=O.O=S(=O)=O.O=S(=O)=O.O=S(=O)=O.O=S(=O)=O.Oc1ccc(O)c(F)c1. The molecule has 7 aromatic carbocycles. The number of ketones is 1. The van der Waals surface area contributed by atoms with Gasteiger partial charge >= 0.3 is 53.0 Å². The molecule has 0 aliphatic heterocycles. The van der Waals surface area contributed by atoms with Gasteiger partial charge in [-0.05, 0) is 112 Å². The van der Waals surface area contributed by atoms with E-state index in [4.69, 9.17) is 121 Å². The number of phenolic OH excluding ortho intramolecular Hbond substituents is 14. The number of anilines is 7. The number of halogens is 1. The first kappa shape index (κ1) is 126. The Labute approximate surface area is 761 Å². The average Bonchev–Trinajstić information content (AvgIpc) is 0.805. The number of aromatic hydroxyl groups is 14. The van der Waals surface area contributed by atoms with Gasteiger partial charge in [0.2, 0.25) is 23.0 Å². The molecule has 0 aromatic heterocycles. The van der Waals surface area contributed by atoms with E-state index in [9.17, 15) is 70.5 Å². The van der Waals surface area contributed by atoms with Crippen LogP contribution in [0.3, 0.4) is 0 Å². The van der Waals surface area contributed by atoms with Crippen LogP contribution in [0.5, 0.6) is 126 Å². The molecule has 0 spiro atoms. The van der Waals surface area contributed by atoms with E-state index in [2.05, 4.69) is 37.2 Å². The summed E-state index contributed by atoms with van der Waals surface area (Å²) in [5.41, 5.74) is 4.77. The first-order valence-corrected chi connectivity index (χ1v) is 42.4. The normalized spacial score (nSPS) is 9.56. The predicted molar refractivity (Wildman–Crippen MR) is 474 cm³/mol. The van der Waals surface area contributed by atoms with E-state index in [0.717, 1.165) is 25.1 Å². The molecule has 0 unspecified atom stereocenters. The number of rotatable bonds is 32. The molecule has 0 saturated heterocycles. The number of methoxy groups -OCH3 is 8. The Balaban J connectivity index is -0.000000458. The maximum Gasteiger partial charge on any atom is 0.425 e. The highest BCUT2D eigenvalue weighted by Gasteiger charge is 2.28. The van der Waals surface area contributed by atoms with Crippen LogP contribution in [0, 0.1) is 19.7 Å². The lowest BCUT2D eigenvalue weighted by Gasteiger charge is -2.20. The second-order valence-corrected chi connectivity index (χ2v) is 26.7. The first-order chi connectivity index (χ1) is 61.3. The number of nitrogens with one attached hydrogen (secondary N) is 7. The predicted octanol–water partition coefficient (Wildman–Crippen LogP) is 5.32. The molecule has 742 valence electrons. The Kier molecular flexibility index (Phi) is 66.6. The number of benzene rings is 7. The van der Waals surface area contributed by atoms with E-state index in [1.54, 1.807) is 26.0 Å². The Bertz CT molecular complexity index is 5080. The van der Waals surface area contributed by atoms with Crippen molar-refractivity contribution in [1.82, 2.24) is 9.80 Å². The summed E-state index contributed by atoms with van der Waals surface area (Å²) >= 11 is 0. The number of Topliss-reactive ketones (excluding diaryl/α,β-unsaturated/α-hetero) is 1. The van der Waals surface area contributed by atoms with Crippen LogP contribution in [0.1, 0.15) is 77.1 Å². The molecule has 0 atom stereocenters. The van der Waals surface area contributed by atoms with Crippen LogP contribution in [0.4, 0.5) is 44.2 Å². The van der Waals surface area contributed by atoms with E-state index >= 15 is 0 Å². The lowest BCUT2D eigenvalue weighted by molar-refractivity contribution is -0.115. The largest absolute Gasteiger partial charge is 0.508 e. The van der Waals surface area contributed by atoms with Crippen molar-refractivity contribution in [3.8, 4) is 126 Å². The summed E-state index contributed by atoms with van der Waals surface area (Å²) in [6.45, 7) is 21.9. The molecule has 0 bridgehead atoms. The van der Waals surface area contributed by atoms with Crippen LogP contribution in [-0.2, 0) is 70.9 Å². The molecule has 0 amide bonds. The third-order valence-corrected chi connectivity index (χ3v) is 15.4. The number of nitrogens with zero attached hydrogens (tertiary/aromatic N) is 2. The molecule has 0 saturated carbocycles. The Morgan fingerprint density at radius 2 is 0.679 bits per heavy atom. The number of aliphatic hydroxyl groups excluding tert-OH is 2. The van der Waals surface area contributed by atoms with Gasteiger partial charge in [-0.3, -0.25) is 14.6 Å². The summed E-state index contributed by atoms with van der Waals surface area (Å²) in [5, 5.41) is 174. The van der Waals surface area contributed by atoms with Gasteiger partial charge < -0.3 is 157 Å². The molecular formula is C76H116FN9O40S5. The van der Waals surface area contributed by atoms with E-state index < -0.39 is 64.6 Å². The number of carbonyl (C=O) groups excluding carboxylic acids is 1. The third-order valence-electron chi connectivity index (χ3n) is 15.4. The average molecular weight is 1980 g/mol. The number of likely N-dealkylation sites (N-methyl/N-ethyl adjacent to an activating group) is 2. The zero-order valence-corrected chi connectivity index (χ0v) is 78.9. The molecule has 23 N–H and O–H groups in total. The molecule has 0 aliphatic carbocycles. The summed E-state index contributed by atoms with van der Waals surface area (Å²) in [6.07, 6.45) is 0.881. The number of aryl methyl sites for hydroxylation is 1. The maximum atomic E-state index is 12.2. The highest BCUT2D eigenvalue weighted by molar-refractivity contribution is 7.59. The molecule has 7 rings (SSSR count). The highest BCUT2D eigenvalue weighted by atomic mass is 32.2. The molecule has 0 aliphatic rings. The fourth-order valence-electron chi connectivity index (χ4n) is 10.0. The van der Waals surface area contributed by atoms with Gasteiger partial charge in [-0.25, -0.2) is 4.39 Å². The molecule has 49 nitrogen and oxygen atoms in total. The summed E-state index contributed by atoms with van der Waals surface area (Å²) < 4.78 is 179. The van der Waals surface area contributed by atoms with Gasteiger partial charge in [0.1, 0.15) is 80.2 Å². The summed E-state index contributed by atoms with van der Waals surface area (Å²) in [6, 6.07) is 10.6. The monoisotopic (exact) mass is 1970 g/mol. The van der Waals surface area contributed by atoms with Crippen LogP contribution < -0.4 is 75.1 Å². The van der Waals surface area contributed by atoms with Crippen molar-refractivity contribution in [1.29, 1.82) is 0 Å². The van der Waals surface area contributed by atoms with Crippen molar-refractivity contribution < 1.29 is 192 Å². The molecule has 55 heteroatoms. The Morgan fingerprint density at radius 3 is 0.985 bits per heavy atom.